The monoisotopic (exact) mass is 356 g/mol. The lowest BCUT2D eigenvalue weighted by Crippen LogP contribution is -2.13. The smallest absolute Gasteiger partial charge is 0.322 e. The van der Waals surface area contributed by atoms with Crippen molar-refractivity contribution >= 4 is 11.6 Å². The Hall–Kier alpha value is -3.15. The van der Waals surface area contributed by atoms with Gasteiger partial charge in [-0.2, -0.15) is 13.2 Å². The van der Waals surface area contributed by atoms with Gasteiger partial charge in [-0.25, -0.2) is 0 Å². The second kappa shape index (κ2) is 7.00. The van der Waals surface area contributed by atoms with Gasteiger partial charge in [0.2, 0.25) is 0 Å². The van der Waals surface area contributed by atoms with Crippen LogP contribution in [0, 0.1) is 6.92 Å². The number of alkyl halides is 3. The SMILES string of the molecule is Cc1ccncc1C(=O)Nc1ccc(-c2ccccc2C(F)(F)F)cc1. The normalized spacial score (nSPS) is 11.2. The number of amides is 1. The maximum atomic E-state index is 13.1. The second-order valence-corrected chi connectivity index (χ2v) is 5.77. The molecule has 0 saturated heterocycles. The minimum Gasteiger partial charge on any atom is -0.322 e. The summed E-state index contributed by atoms with van der Waals surface area (Å²) in [5.74, 6) is -0.320. The van der Waals surface area contributed by atoms with Crippen molar-refractivity contribution in [2.24, 2.45) is 0 Å². The molecule has 0 fully saturated rings. The van der Waals surface area contributed by atoms with Crippen LogP contribution in [0.15, 0.2) is 67.0 Å². The summed E-state index contributed by atoms with van der Waals surface area (Å²) in [5, 5.41) is 2.72. The van der Waals surface area contributed by atoms with Crippen LogP contribution in [-0.2, 0) is 6.18 Å². The van der Waals surface area contributed by atoms with Crippen molar-refractivity contribution in [1.82, 2.24) is 4.98 Å². The molecule has 0 aliphatic carbocycles. The minimum atomic E-state index is -4.43. The van der Waals surface area contributed by atoms with Crippen LogP contribution in [0.3, 0.4) is 0 Å². The van der Waals surface area contributed by atoms with Crippen molar-refractivity contribution in [2.75, 3.05) is 5.32 Å². The van der Waals surface area contributed by atoms with Crippen molar-refractivity contribution in [3.8, 4) is 11.1 Å². The summed E-state index contributed by atoms with van der Waals surface area (Å²) in [7, 11) is 0. The van der Waals surface area contributed by atoms with Crippen LogP contribution in [0.4, 0.5) is 18.9 Å². The van der Waals surface area contributed by atoms with Gasteiger partial charge in [-0.15, -0.1) is 0 Å². The Morgan fingerprint density at radius 2 is 1.69 bits per heavy atom. The van der Waals surface area contributed by atoms with Gasteiger partial charge in [0.05, 0.1) is 11.1 Å². The van der Waals surface area contributed by atoms with E-state index >= 15 is 0 Å². The van der Waals surface area contributed by atoms with Gasteiger partial charge in [-0.1, -0.05) is 30.3 Å². The highest BCUT2D eigenvalue weighted by atomic mass is 19.4. The van der Waals surface area contributed by atoms with Crippen molar-refractivity contribution in [3.63, 3.8) is 0 Å². The van der Waals surface area contributed by atoms with Crippen LogP contribution < -0.4 is 5.32 Å². The first-order valence-electron chi connectivity index (χ1n) is 7.85. The highest BCUT2D eigenvalue weighted by molar-refractivity contribution is 6.05. The molecule has 1 aromatic heterocycles. The molecule has 132 valence electrons. The molecule has 0 aliphatic rings. The molecule has 1 N–H and O–H groups in total. The Kier molecular flexibility index (Phi) is 4.75. The number of rotatable bonds is 3. The van der Waals surface area contributed by atoms with Gasteiger partial charge in [-0.3, -0.25) is 9.78 Å². The van der Waals surface area contributed by atoms with E-state index in [9.17, 15) is 18.0 Å². The zero-order valence-corrected chi connectivity index (χ0v) is 13.8. The fraction of sp³-hybridized carbons (Fsp3) is 0.100. The summed E-state index contributed by atoms with van der Waals surface area (Å²) < 4.78 is 39.4. The van der Waals surface area contributed by atoms with Gasteiger partial charge in [0.25, 0.3) is 5.91 Å². The number of nitrogens with zero attached hydrogens (tertiary/aromatic N) is 1. The Morgan fingerprint density at radius 1 is 1.00 bits per heavy atom. The Labute approximate surface area is 148 Å². The van der Waals surface area contributed by atoms with E-state index in [4.69, 9.17) is 0 Å². The van der Waals surface area contributed by atoms with E-state index in [0.717, 1.165) is 11.6 Å². The van der Waals surface area contributed by atoms with Crippen molar-refractivity contribution in [3.05, 3.63) is 83.7 Å². The summed E-state index contributed by atoms with van der Waals surface area (Å²) in [6.45, 7) is 1.80. The van der Waals surface area contributed by atoms with Gasteiger partial charge in [-0.05, 0) is 47.9 Å². The summed E-state index contributed by atoms with van der Waals surface area (Å²) >= 11 is 0. The number of carbonyl (C=O) groups is 1. The molecular weight excluding hydrogens is 341 g/mol. The highest BCUT2D eigenvalue weighted by Gasteiger charge is 2.33. The summed E-state index contributed by atoms with van der Waals surface area (Å²) in [5.41, 5.74) is 1.55. The van der Waals surface area contributed by atoms with Crippen LogP contribution in [0.1, 0.15) is 21.5 Å². The number of aryl methyl sites for hydroxylation is 1. The molecule has 2 aromatic carbocycles. The largest absolute Gasteiger partial charge is 0.417 e. The van der Waals surface area contributed by atoms with Crippen molar-refractivity contribution < 1.29 is 18.0 Å². The number of anilines is 1. The van der Waals surface area contributed by atoms with E-state index in [2.05, 4.69) is 10.3 Å². The van der Waals surface area contributed by atoms with Crippen LogP contribution in [-0.4, -0.2) is 10.9 Å². The molecule has 3 nitrogen and oxygen atoms in total. The molecule has 1 heterocycles. The predicted molar refractivity (Wildman–Crippen MR) is 93.8 cm³/mol. The molecular formula is C20H15F3N2O. The molecule has 0 bridgehead atoms. The molecule has 0 radical (unpaired) electrons. The quantitative estimate of drug-likeness (QED) is 0.689. The fourth-order valence-electron chi connectivity index (χ4n) is 2.62. The van der Waals surface area contributed by atoms with E-state index < -0.39 is 11.7 Å². The zero-order valence-electron chi connectivity index (χ0n) is 13.8. The number of nitrogens with one attached hydrogen (secondary N) is 1. The number of benzene rings is 2. The number of hydrogen-bond acceptors (Lipinski definition) is 2. The average Bonchev–Trinajstić information content (AvgIpc) is 2.62. The number of aromatic nitrogens is 1. The number of halogens is 3. The van der Waals surface area contributed by atoms with Crippen LogP contribution in [0.5, 0.6) is 0 Å². The minimum absolute atomic E-state index is 0.0981. The topological polar surface area (TPSA) is 42.0 Å². The molecule has 3 rings (SSSR count). The maximum absolute atomic E-state index is 13.1. The van der Waals surface area contributed by atoms with Crippen LogP contribution in [0.25, 0.3) is 11.1 Å². The summed E-state index contributed by atoms with van der Waals surface area (Å²) in [6, 6.07) is 13.4. The lowest BCUT2D eigenvalue weighted by atomic mass is 9.99. The summed E-state index contributed by atoms with van der Waals surface area (Å²) in [6.07, 6.45) is -1.36. The van der Waals surface area contributed by atoms with E-state index in [-0.39, 0.29) is 11.5 Å². The van der Waals surface area contributed by atoms with Gasteiger partial charge in [0.15, 0.2) is 0 Å². The number of hydrogen-bond donors (Lipinski definition) is 1. The molecule has 0 spiro atoms. The first-order chi connectivity index (χ1) is 12.4. The molecule has 1 amide bonds. The van der Waals surface area contributed by atoms with E-state index in [0.29, 0.717) is 16.8 Å². The third-order valence-electron chi connectivity index (χ3n) is 3.97. The molecule has 6 heteroatoms. The van der Waals surface area contributed by atoms with Gasteiger partial charge >= 0.3 is 6.18 Å². The third-order valence-corrected chi connectivity index (χ3v) is 3.97. The lowest BCUT2D eigenvalue weighted by Gasteiger charge is -2.13. The lowest BCUT2D eigenvalue weighted by molar-refractivity contribution is -0.137. The fourth-order valence-corrected chi connectivity index (χ4v) is 2.62. The van der Waals surface area contributed by atoms with Crippen molar-refractivity contribution in [2.45, 2.75) is 13.1 Å². The first-order valence-corrected chi connectivity index (χ1v) is 7.85. The molecule has 0 saturated carbocycles. The maximum Gasteiger partial charge on any atom is 0.417 e. The molecule has 0 atom stereocenters. The summed E-state index contributed by atoms with van der Waals surface area (Å²) in [4.78, 5) is 16.2. The molecule has 0 unspecified atom stereocenters. The van der Waals surface area contributed by atoms with Gasteiger partial charge in [0.1, 0.15) is 0 Å². The second-order valence-electron chi connectivity index (χ2n) is 5.77. The number of carbonyl (C=O) groups excluding carboxylic acids is 1. The van der Waals surface area contributed by atoms with E-state index in [1.807, 2.05) is 0 Å². The first kappa shape index (κ1) is 17.7. The average molecular weight is 356 g/mol. The Morgan fingerprint density at radius 3 is 2.35 bits per heavy atom. The molecule has 0 aliphatic heterocycles. The predicted octanol–water partition coefficient (Wildman–Crippen LogP) is 5.33. The Balaban J connectivity index is 1.84. The standard InChI is InChI=1S/C20H15F3N2O/c1-13-10-11-24-12-17(13)19(26)25-15-8-6-14(7-9-15)16-4-2-3-5-18(16)20(21,22)23/h2-12H,1H3,(H,25,26). The van der Waals surface area contributed by atoms with E-state index in [1.54, 1.807) is 49.5 Å². The zero-order chi connectivity index (χ0) is 18.7. The van der Waals surface area contributed by atoms with Crippen molar-refractivity contribution in [1.29, 1.82) is 0 Å². The molecule has 26 heavy (non-hydrogen) atoms. The van der Waals surface area contributed by atoms with Crippen LogP contribution in [0.2, 0.25) is 0 Å². The van der Waals surface area contributed by atoms with Gasteiger partial charge < -0.3 is 5.32 Å². The third kappa shape index (κ3) is 3.74. The van der Waals surface area contributed by atoms with E-state index in [1.165, 1.54) is 18.3 Å². The molecule has 3 aromatic rings. The van der Waals surface area contributed by atoms with Crippen LogP contribution >= 0.6 is 0 Å². The Bertz CT molecular complexity index is 934. The number of pyridine rings is 1. The highest BCUT2D eigenvalue weighted by Crippen LogP contribution is 2.37. The van der Waals surface area contributed by atoms with Gasteiger partial charge in [0, 0.05) is 18.1 Å².